The molecule has 110 valence electrons. The summed E-state index contributed by atoms with van der Waals surface area (Å²) in [7, 11) is 0. The van der Waals surface area contributed by atoms with Crippen LogP contribution in [0.4, 0.5) is 0 Å². The Hall–Kier alpha value is -0.860. The Balaban J connectivity index is 1.48. The maximum atomic E-state index is 3.47. The summed E-state index contributed by atoms with van der Waals surface area (Å²) in [5.74, 6) is 0. The molecule has 20 heavy (non-hydrogen) atoms. The van der Waals surface area contributed by atoms with E-state index in [1.165, 1.54) is 75.7 Å². The topological polar surface area (TPSA) is 15.3 Å². The first-order chi connectivity index (χ1) is 9.92. The molecular weight excluding hydrogens is 244 g/mol. The largest absolute Gasteiger partial charge is 0.312 e. The second-order valence-corrected chi connectivity index (χ2v) is 6.39. The molecule has 1 fully saturated rings. The van der Waals surface area contributed by atoms with Gasteiger partial charge in [0.2, 0.25) is 0 Å². The lowest BCUT2D eigenvalue weighted by molar-refractivity contribution is 0.281. The molecule has 0 atom stereocenters. The van der Waals surface area contributed by atoms with E-state index in [1.807, 2.05) is 0 Å². The molecule has 0 aromatic heterocycles. The summed E-state index contributed by atoms with van der Waals surface area (Å²) in [5.41, 5.74) is 4.62. The van der Waals surface area contributed by atoms with E-state index in [-0.39, 0.29) is 0 Å². The lowest BCUT2D eigenvalue weighted by atomic mass is 9.97. The van der Waals surface area contributed by atoms with Crippen LogP contribution in [0.15, 0.2) is 18.2 Å². The molecular formula is C18H28N2. The molecule has 2 aliphatic heterocycles. The van der Waals surface area contributed by atoms with E-state index in [9.17, 15) is 0 Å². The quantitative estimate of drug-likeness (QED) is 0.906. The van der Waals surface area contributed by atoms with Crippen LogP contribution in [-0.4, -0.2) is 31.1 Å². The molecule has 2 heteroatoms. The molecule has 0 saturated carbocycles. The molecule has 1 saturated heterocycles. The van der Waals surface area contributed by atoms with Gasteiger partial charge in [-0.2, -0.15) is 0 Å². The molecule has 1 N–H and O–H groups in total. The standard InChI is InChI=1S/C18H28N2/c1-2-4-12-20(11-3-1)13-5-6-16-7-8-17-9-10-19-15-18(17)14-16/h7-8,14,19H,1-6,9-13,15H2. The third-order valence-corrected chi connectivity index (χ3v) is 4.80. The smallest absolute Gasteiger partial charge is 0.0208 e. The fourth-order valence-corrected chi connectivity index (χ4v) is 3.56. The number of rotatable bonds is 4. The van der Waals surface area contributed by atoms with Crippen LogP contribution in [0, 0.1) is 0 Å². The summed E-state index contributed by atoms with van der Waals surface area (Å²) < 4.78 is 0. The van der Waals surface area contributed by atoms with Crippen LogP contribution >= 0.6 is 0 Å². The van der Waals surface area contributed by atoms with Crippen molar-refractivity contribution >= 4 is 0 Å². The van der Waals surface area contributed by atoms with Crippen molar-refractivity contribution < 1.29 is 0 Å². The first-order valence-corrected chi connectivity index (χ1v) is 8.45. The van der Waals surface area contributed by atoms with Crippen molar-refractivity contribution in [3.8, 4) is 0 Å². The summed E-state index contributed by atoms with van der Waals surface area (Å²) >= 11 is 0. The maximum Gasteiger partial charge on any atom is 0.0208 e. The molecule has 0 spiro atoms. The van der Waals surface area contributed by atoms with Crippen LogP contribution in [0.5, 0.6) is 0 Å². The normalized spacial score (nSPS) is 20.4. The Morgan fingerprint density at radius 2 is 1.85 bits per heavy atom. The highest BCUT2D eigenvalue weighted by Crippen LogP contribution is 2.17. The average molecular weight is 272 g/mol. The predicted molar refractivity (Wildman–Crippen MR) is 85.1 cm³/mol. The van der Waals surface area contributed by atoms with Crippen molar-refractivity contribution in [3.63, 3.8) is 0 Å². The Labute approximate surface area is 123 Å². The fourth-order valence-electron chi connectivity index (χ4n) is 3.56. The lowest BCUT2D eigenvalue weighted by Crippen LogP contribution is -2.26. The van der Waals surface area contributed by atoms with Crippen LogP contribution < -0.4 is 5.32 Å². The predicted octanol–water partition coefficient (Wildman–Crippen LogP) is 3.14. The minimum absolute atomic E-state index is 1.06. The van der Waals surface area contributed by atoms with Crippen LogP contribution in [0.3, 0.4) is 0 Å². The Morgan fingerprint density at radius 3 is 2.70 bits per heavy atom. The molecule has 1 aromatic carbocycles. The summed E-state index contributed by atoms with van der Waals surface area (Å²) in [6.07, 6.45) is 9.44. The second-order valence-electron chi connectivity index (χ2n) is 6.39. The number of fused-ring (bicyclic) bond motifs is 1. The van der Waals surface area contributed by atoms with Crippen molar-refractivity contribution in [1.29, 1.82) is 0 Å². The molecule has 3 rings (SSSR count). The van der Waals surface area contributed by atoms with Gasteiger partial charge in [-0.15, -0.1) is 0 Å². The van der Waals surface area contributed by atoms with E-state index in [2.05, 4.69) is 28.4 Å². The molecule has 0 aliphatic carbocycles. The Bertz CT molecular complexity index is 419. The summed E-state index contributed by atoms with van der Waals surface area (Å²) in [6.45, 7) is 6.15. The summed E-state index contributed by atoms with van der Waals surface area (Å²) in [6, 6.07) is 7.15. The van der Waals surface area contributed by atoms with Gasteiger partial charge in [0.15, 0.2) is 0 Å². The van der Waals surface area contributed by atoms with E-state index in [0.29, 0.717) is 0 Å². The number of hydrogen-bond acceptors (Lipinski definition) is 2. The van der Waals surface area contributed by atoms with E-state index in [1.54, 1.807) is 5.56 Å². The number of nitrogens with zero attached hydrogens (tertiary/aromatic N) is 1. The number of aryl methyl sites for hydroxylation is 1. The van der Waals surface area contributed by atoms with Crippen LogP contribution in [-0.2, 0) is 19.4 Å². The maximum absolute atomic E-state index is 3.47. The third kappa shape index (κ3) is 3.83. The van der Waals surface area contributed by atoms with Crippen LogP contribution in [0.2, 0.25) is 0 Å². The van der Waals surface area contributed by atoms with Crippen molar-refractivity contribution in [3.05, 3.63) is 34.9 Å². The van der Waals surface area contributed by atoms with Gasteiger partial charge in [0.1, 0.15) is 0 Å². The van der Waals surface area contributed by atoms with Gasteiger partial charge in [0.25, 0.3) is 0 Å². The van der Waals surface area contributed by atoms with Gasteiger partial charge in [-0.05, 0) is 75.0 Å². The average Bonchev–Trinajstić information content (AvgIpc) is 2.76. The van der Waals surface area contributed by atoms with Gasteiger partial charge >= 0.3 is 0 Å². The summed E-state index contributed by atoms with van der Waals surface area (Å²) in [4.78, 5) is 2.67. The van der Waals surface area contributed by atoms with Gasteiger partial charge in [-0.3, -0.25) is 0 Å². The van der Waals surface area contributed by atoms with Crippen LogP contribution in [0.1, 0.15) is 48.8 Å². The summed E-state index contributed by atoms with van der Waals surface area (Å²) in [5, 5.41) is 3.47. The molecule has 2 nitrogen and oxygen atoms in total. The molecule has 1 aromatic rings. The Kier molecular flexibility index (Phi) is 5.10. The third-order valence-electron chi connectivity index (χ3n) is 4.80. The first kappa shape index (κ1) is 14.1. The zero-order chi connectivity index (χ0) is 13.6. The minimum Gasteiger partial charge on any atom is -0.312 e. The Morgan fingerprint density at radius 1 is 1.00 bits per heavy atom. The highest BCUT2D eigenvalue weighted by Gasteiger charge is 2.10. The van der Waals surface area contributed by atoms with E-state index >= 15 is 0 Å². The van der Waals surface area contributed by atoms with E-state index in [0.717, 1.165) is 13.1 Å². The molecule has 0 amide bonds. The van der Waals surface area contributed by atoms with Crippen molar-refractivity contribution in [1.82, 2.24) is 10.2 Å². The van der Waals surface area contributed by atoms with Crippen molar-refractivity contribution in [2.75, 3.05) is 26.2 Å². The SMILES string of the molecule is c1cc2c(cc1CCCN1CCCCCC1)CNCC2. The highest BCUT2D eigenvalue weighted by atomic mass is 15.1. The zero-order valence-electron chi connectivity index (χ0n) is 12.7. The minimum atomic E-state index is 1.06. The number of hydrogen-bond donors (Lipinski definition) is 1. The molecule has 0 radical (unpaired) electrons. The van der Waals surface area contributed by atoms with Crippen molar-refractivity contribution in [2.24, 2.45) is 0 Å². The molecule has 2 aliphatic rings. The monoisotopic (exact) mass is 272 g/mol. The van der Waals surface area contributed by atoms with Gasteiger partial charge in [-0.1, -0.05) is 31.0 Å². The van der Waals surface area contributed by atoms with Gasteiger partial charge in [0.05, 0.1) is 0 Å². The highest BCUT2D eigenvalue weighted by molar-refractivity contribution is 5.33. The van der Waals surface area contributed by atoms with E-state index in [4.69, 9.17) is 0 Å². The van der Waals surface area contributed by atoms with E-state index < -0.39 is 0 Å². The molecule has 2 heterocycles. The number of benzene rings is 1. The van der Waals surface area contributed by atoms with Crippen LogP contribution in [0.25, 0.3) is 0 Å². The molecule has 0 unspecified atom stereocenters. The number of likely N-dealkylation sites (tertiary alicyclic amines) is 1. The fraction of sp³-hybridized carbons (Fsp3) is 0.667. The number of nitrogens with one attached hydrogen (secondary N) is 1. The molecule has 0 bridgehead atoms. The van der Waals surface area contributed by atoms with Gasteiger partial charge in [-0.25, -0.2) is 0 Å². The lowest BCUT2D eigenvalue weighted by Gasteiger charge is -2.20. The van der Waals surface area contributed by atoms with Crippen molar-refractivity contribution in [2.45, 2.75) is 51.5 Å². The van der Waals surface area contributed by atoms with Gasteiger partial charge < -0.3 is 10.2 Å². The first-order valence-electron chi connectivity index (χ1n) is 8.45. The zero-order valence-corrected chi connectivity index (χ0v) is 12.7. The second kappa shape index (κ2) is 7.24. The van der Waals surface area contributed by atoms with Gasteiger partial charge in [0, 0.05) is 6.54 Å².